The molecular formula is C15H16N2O3. The lowest BCUT2D eigenvalue weighted by Crippen LogP contribution is -2.42. The van der Waals surface area contributed by atoms with Crippen molar-refractivity contribution in [1.82, 2.24) is 5.43 Å². The molecule has 3 fully saturated rings. The van der Waals surface area contributed by atoms with Crippen LogP contribution in [-0.4, -0.2) is 18.0 Å². The highest BCUT2D eigenvalue weighted by Crippen LogP contribution is 2.57. The summed E-state index contributed by atoms with van der Waals surface area (Å²) in [6, 6.07) is 9.45. The molecule has 1 heterocycles. The molecule has 4 rings (SSSR count). The molecule has 1 aromatic rings. The molecule has 0 aromatic heterocycles. The number of carbonyl (C=O) groups excluding carboxylic acids is 2. The number of benzene rings is 1. The zero-order valence-corrected chi connectivity index (χ0v) is 10.9. The third kappa shape index (κ3) is 1.62. The van der Waals surface area contributed by atoms with Crippen LogP contribution in [0.4, 0.5) is 5.69 Å². The standard InChI is InChI=1S/C15H16N2O3/c18-14(17-16-9-4-2-1-3-5-9)12-8-6-10-11(7-8)20-15(19)13(10)12/h1-5,8,10-13,16H,6-7H2,(H,17,18)/t8-,10+,11-,12+,13+/m1/s1. The average molecular weight is 272 g/mol. The highest BCUT2D eigenvalue weighted by atomic mass is 16.6. The van der Waals surface area contributed by atoms with Crippen LogP contribution in [0.1, 0.15) is 12.8 Å². The number of fused-ring (bicyclic) bond motifs is 1. The summed E-state index contributed by atoms with van der Waals surface area (Å²) in [5.41, 5.74) is 6.46. The van der Waals surface area contributed by atoms with Gasteiger partial charge >= 0.3 is 5.97 Å². The van der Waals surface area contributed by atoms with Gasteiger partial charge in [-0.3, -0.25) is 20.4 Å². The van der Waals surface area contributed by atoms with Gasteiger partial charge in [-0.2, -0.15) is 0 Å². The summed E-state index contributed by atoms with van der Waals surface area (Å²) in [5.74, 6) is -0.179. The lowest BCUT2D eigenvalue weighted by molar-refractivity contribution is -0.145. The van der Waals surface area contributed by atoms with Crippen molar-refractivity contribution in [2.75, 3.05) is 5.43 Å². The average Bonchev–Trinajstić information content (AvgIpc) is 3.07. The Kier molecular flexibility index (Phi) is 2.49. The molecule has 1 amide bonds. The molecule has 5 nitrogen and oxygen atoms in total. The Morgan fingerprint density at radius 3 is 2.80 bits per heavy atom. The van der Waals surface area contributed by atoms with Crippen molar-refractivity contribution in [3.63, 3.8) is 0 Å². The van der Waals surface area contributed by atoms with Crippen molar-refractivity contribution < 1.29 is 14.3 Å². The Labute approximate surface area is 116 Å². The number of anilines is 1. The monoisotopic (exact) mass is 272 g/mol. The minimum Gasteiger partial charge on any atom is -0.462 e. The quantitative estimate of drug-likeness (QED) is 0.643. The zero-order valence-electron chi connectivity index (χ0n) is 10.9. The molecule has 2 bridgehead atoms. The first kappa shape index (κ1) is 11.8. The fourth-order valence-electron chi connectivity index (χ4n) is 4.10. The number of amides is 1. The second-order valence-electron chi connectivity index (χ2n) is 5.90. The van der Waals surface area contributed by atoms with Gasteiger partial charge in [-0.1, -0.05) is 18.2 Å². The third-order valence-electron chi connectivity index (χ3n) is 4.89. The molecule has 1 aromatic carbocycles. The van der Waals surface area contributed by atoms with Gasteiger partial charge in [-0.15, -0.1) is 0 Å². The van der Waals surface area contributed by atoms with Crippen LogP contribution in [0.3, 0.4) is 0 Å². The van der Waals surface area contributed by atoms with Crippen LogP contribution < -0.4 is 10.9 Å². The predicted molar refractivity (Wildman–Crippen MR) is 71.3 cm³/mol. The Hall–Kier alpha value is -2.04. The number of ether oxygens (including phenoxy) is 1. The van der Waals surface area contributed by atoms with Gasteiger partial charge in [0, 0.05) is 5.92 Å². The van der Waals surface area contributed by atoms with Gasteiger partial charge in [0.25, 0.3) is 0 Å². The van der Waals surface area contributed by atoms with Gasteiger partial charge in [-0.25, -0.2) is 0 Å². The first-order chi connectivity index (χ1) is 9.74. The minimum atomic E-state index is -0.234. The van der Waals surface area contributed by atoms with Crippen molar-refractivity contribution in [1.29, 1.82) is 0 Å². The molecule has 5 atom stereocenters. The van der Waals surface area contributed by atoms with Gasteiger partial charge in [0.2, 0.25) is 5.91 Å². The van der Waals surface area contributed by atoms with Crippen LogP contribution >= 0.6 is 0 Å². The molecule has 20 heavy (non-hydrogen) atoms. The molecular weight excluding hydrogens is 256 g/mol. The molecule has 5 heteroatoms. The van der Waals surface area contributed by atoms with E-state index in [1.807, 2.05) is 30.3 Å². The van der Waals surface area contributed by atoms with E-state index in [0.717, 1.165) is 18.5 Å². The third-order valence-corrected chi connectivity index (χ3v) is 4.89. The highest BCUT2D eigenvalue weighted by molar-refractivity contribution is 5.89. The molecule has 3 aliphatic rings. The maximum absolute atomic E-state index is 12.4. The second-order valence-corrected chi connectivity index (χ2v) is 5.90. The first-order valence-electron chi connectivity index (χ1n) is 7.05. The van der Waals surface area contributed by atoms with Crippen molar-refractivity contribution in [3.05, 3.63) is 30.3 Å². The van der Waals surface area contributed by atoms with Gasteiger partial charge in [0.15, 0.2) is 0 Å². The van der Waals surface area contributed by atoms with Crippen molar-refractivity contribution in [3.8, 4) is 0 Å². The number of para-hydroxylation sites is 1. The topological polar surface area (TPSA) is 67.4 Å². The molecule has 104 valence electrons. The van der Waals surface area contributed by atoms with E-state index in [0.29, 0.717) is 5.92 Å². The van der Waals surface area contributed by atoms with Gasteiger partial charge < -0.3 is 4.74 Å². The fourth-order valence-corrected chi connectivity index (χ4v) is 4.10. The van der Waals surface area contributed by atoms with E-state index in [4.69, 9.17) is 4.74 Å². The van der Waals surface area contributed by atoms with Crippen LogP contribution in [0.2, 0.25) is 0 Å². The van der Waals surface area contributed by atoms with Crippen LogP contribution in [0.5, 0.6) is 0 Å². The molecule has 0 radical (unpaired) electrons. The second kappa shape index (κ2) is 4.23. The van der Waals surface area contributed by atoms with E-state index < -0.39 is 0 Å². The number of hydrogen-bond donors (Lipinski definition) is 2. The van der Waals surface area contributed by atoms with E-state index in [-0.39, 0.29) is 35.7 Å². The summed E-state index contributed by atoms with van der Waals surface area (Å²) < 4.78 is 5.34. The predicted octanol–water partition coefficient (Wildman–Crippen LogP) is 1.33. The van der Waals surface area contributed by atoms with Crippen LogP contribution in [-0.2, 0) is 14.3 Å². The van der Waals surface area contributed by atoms with E-state index >= 15 is 0 Å². The molecule has 2 saturated carbocycles. The van der Waals surface area contributed by atoms with Crippen molar-refractivity contribution in [2.24, 2.45) is 23.7 Å². The lowest BCUT2D eigenvalue weighted by Gasteiger charge is -2.23. The van der Waals surface area contributed by atoms with Gasteiger partial charge in [0.1, 0.15) is 6.10 Å². The summed E-state index contributed by atoms with van der Waals surface area (Å²) in [4.78, 5) is 24.2. The van der Waals surface area contributed by atoms with Crippen molar-refractivity contribution in [2.45, 2.75) is 18.9 Å². The van der Waals surface area contributed by atoms with Crippen LogP contribution in [0, 0.1) is 23.7 Å². The molecule has 2 aliphatic carbocycles. The van der Waals surface area contributed by atoms with E-state index in [2.05, 4.69) is 10.9 Å². The molecule has 2 N–H and O–H groups in total. The molecule has 1 aliphatic heterocycles. The van der Waals surface area contributed by atoms with Gasteiger partial charge in [-0.05, 0) is 30.9 Å². The summed E-state index contributed by atoms with van der Waals surface area (Å²) in [6.07, 6.45) is 1.87. The van der Waals surface area contributed by atoms with E-state index in [1.165, 1.54) is 0 Å². The number of hydrogen-bond acceptors (Lipinski definition) is 4. The maximum Gasteiger partial charge on any atom is 0.310 e. The van der Waals surface area contributed by atoms with Crippen LogP contribution in [0.25, 0.3) is 0 Å². The van der Waals surface area contributed by atoms with Gasteiger partial charge in [0.05, 0.1) is 17.5 Å². The number of carbonyl (C=O) groups is 2. The normalized spacial score (nSPS) is 36.8. The number of rotatable bonds is 3. The molecule has 1 saturated heterocycles. The van der Waals surface area contributed by atoms with E-state index in [9.17, 15) is 9.59 Å². The Bertz CT molecular complexity index is 557. The highest BCUT2D eigenvalue weighted by Gasteiger charge is 2.63. The Morgan fingerprint density at radius 1 is 1.20 bits per heavy atom. The molecule has 0 spiro atoms. The van der Waals surface area contributed by atoms with Crippen molar-refractivity contribution >= 4 is 17.6 Å². The summed E-state index contributed by atoms with van der Waals surface area (Å²) in [6.45, 7) is 0. The lowest BCUT2D eigenvalue weighted by atomic mass is 9.79. The Morgan fingerprint density at radius 2 is 2.00 bits per heavy atom. The summed E-state index contributed by atoms with van der Waals surface area (Å²) in [7, 11) is 0. The van der Waals surface area contributed by atoms with Crippen LogP contribution in [0.15, 0.2) is 30.3 Å². The minimum absolute atomic E-state index is 0.0728. The zero-order chi connectivity index (χ0) is 13.7. The maximum atomic E-state index is 12.4. The number of hydrazine groups is 1. The summed E-state index contributed by atoms with van der Waals surface area (Å²) >= 11 is 0. The number of nitrogens with one attached hydrogen (secondary N) is 2. The fraction of sp³-hybridized carbons (Fsp3) is 0.467. The molecule has 0 unspecified atom stereocenters. The first-order valence-corrected chi connectivity index (χ1v) is 7.05. The summed E-state index contributed by atoms with van der Waals surface area (Å²) in [5, 5.41) is 0. The SMILES string of the molecule is O=C(NNc1ccccc1)[C@H]1[C@@H]2C[C@@H]3[C@@H]1C(=O)O[C@@H]3C2. The smallest absolute Gasteiger partial charge is 0.310 e. The Balaban J connectivity index is 1.46. The largest absolute Gasteiger partial charge is 0.462 e. The van der Waals surface area contributed by atoms with E-state index in [1.54, 1.807) is 0 Å². The number of esters is 1.